The smallest absolute Gasteiger partial charge is 0.261 e. The number of nitrogens with zero attached hydrogens (tertiary/aromatic N) is 1. The van der Waals surface area contributed by atoms with Gasteiger partial charge in [0, 0.05) is 24.7 Å². The largest absolute Gasteiger partial charge is 0.370 e. The van der Waals surface area contributed by atoms with Gasteiger partial charge in [0.1, 0.15) is 17.5 Å². The van der Waals surface area contributed by atoms with Gasteiger partial charge in [-0.2, -0.15) is 0 Å². The summed E-state index contributed by atoms with van der Waals surface area (Å²) in [5.74, 6) is -3.78. The molecular formula is C16H13F3N2O2. The maximum absolute atomic E-state index is 13.8. The minimum atomic E-state index is -1.03. The van der Waals surface area contributed by atoms with Crippen LogP contribution in [0.3, 0.4) is 0 Å². The van der Waals surface area contributed by atoms with Crippen LogP contribution in [0.4, 0.5) is 18.9 Å². The van der Waals surface area contributed by atoms with Crippen LogP contribution in [0.25, 0.3) is 0 Å². The molecule has 2 amide bonds. The van der Waals surface area contributed by atoms with Crippen molar-refractivity contribution in [3.8, 4) is 0 Å². The Morgan fingerprint density at radius 1 is 0.957 bits per heavy atom. The van der Waals surface area contributed by atoms with E-state index in [9.17, 15) is 22.8 Å². The van der Waals surface area contributed by atoms with E-state index < -0.39 is 29.3 Å². The lowest BCUT2D eigenvalue weighted by Gasteiger charge is -2.22. The minimum Gasteiger partial charge on any atom is -0.370 e. The molecule has 7 heteroatoms. The summed E-state index contributed by atoms with van der Waals surface area (Å²) in [7, 11) is 0. The second-order valence-electron chi connectivity index (χ2n) is 4.77. The summed E-state index contributed by atoms with van der Waals surface area (Å²) in [5.41, 5.74) is 4.98. The Labute approximate surface area is 130 Å². The molecule has 120 valence electrons. The average molecular weight is 322 g/mol. The topological polar surface area (TPSA) is 63.4 Å². The van der Waals surface area contributed by atoms with E-state index in [0.29, 0.717) is 6.07 Å². The molecule has 2 aromatic rings. The van der Waals surface area contributed by atoms with Gasteiger partial charge in [-0.05, 0) is 36.4 Å². The van der Waals surface area contributed by atoms with Gasteiger partial charge < -0.3 is 10.6 Å². The highest BCUT2D eigenvalue weighted by Crippen LogP contribution is 2.20. The second kappa shape index (κ2) is 6.95. The maximum Gasteiger partial charge on any atom is 0.261 e. The van der Waals surface area contributed by atoms with E-state index >= 15 is 0 Å². The highest BCUT2D eigenvalue weighted by molar-refractivity contribution is 6.06. The maximum atomic E-state index is 13.8. The Morgan fingerprint density at radius 2 is 1.57 bits per heavy atom. The molecule has 0 unspecified atom stereocenters. The van der Waals surface area contributed by atoms with E-state index in [0.717, 1.165) is 29.2 Å². The third kappa shape index (κ3) is 4.09. The molecule has 0 aliphatic heterocycles. The third-order valence-corrected chi connectivity index (χ3v) is 3.13. The molecule has 0 aromatic heterocycles. The fraction of sp³-hybridized carbons (Fsp3) is 0.125. The van der Waals surface area contributed by atoms with Crippen molar-refractivity contribution in [3.05, 3.63) is 65.5 Å². The predicted molar refractivity (Wildman–Crippen MR) is 78.2 cm³/mol. The molecule has 0 saturated heterocycles. The number of carbonyl (C=O) groups is 2. The zero-order chi connectivity index (χ0) is 17.0. The van der Waals surface area contributed by atoms with Gasteiger partial charge in [0.05, 0.1) is 5.56 Å². The van der Waals surface area contributed by atoms with Crippen LogP contribution in [0, 0.1) is 17.5 Å². The number of nitrogens with two attached hydrogens (primary N) is 1. The van der Waals surface area contributed by atoms with Crippen LogP contribution >= 0.6 is 0 Å². The molecule has 2 aromatic carbocycles. The number of halogens is 3. The molecule has 4 nitrogen and oxygen atoms in total. The van der Waals surface area contributed by atoms with Crippen molar-refractivity contribution in [1.29, 1.82) is 0 Å². The van der Waals surface area contributed by atoms with Crippen molar-refractivity contribution < 1.29 is 22.8 Å². The van der Waals surface area contributed by atoms with Crippen LogP contribution in [0.15, 0.2) is 42.5 Å². The normalized spacial score (nSPS) is 10.4. The molecule has 0 fully saturated rings. The molecule has 0 aliphatic carbocycles. The van der Waals surface area contributed by atoms with Gasteiger partial charge in [0.25, 0.3) is 5.91 Å². The molecule has 2 N–H and O–H groups in total. The quantitative estimate of drug-likeness (QED) is 0.920. The van der Waals surface area contributed by atoms with Gasteiger partial charge in [-0.25, -0.2) is 13.2 Å². The van der Waals surface area contributed by atoms with Crippen molar-refractivity contribution in [2.24, 2.45) is 5.73 Å². The van der Waals surface area contributed by atoms with E-state index in [1.807, 2.05) is 0 Å². The summed E-state index contributed by atoms with van der Waals surface area (Å²) < 4.78 is 39.8. The molecule has 0 radical (unpaired) electrons. The number of anilines is 1. The molecule has 0 heterocycles. The number of hydrogen-bond donors (Lipinski definition) is 1. The Hall–Kier alpha value is -2.83. The molecule has 0 bridgehead atoms. The lowest BCUT2D eigenvalue weighted by Crippen LogP contribution is -2.34. The summed E-state index contributed by atoms with van der Waals surface area (Å²) >= 11 is 0. The number of hydrogen-bond acceptors (Lipinski definition) is 2. The van der Waals surface area contributed by atoms with Crippen LogP contribution in [0.1, 0.15) is 16.8 Å². The fourth-order valence-corrected chi connectivity index (χ4v) is 2.00. The lowest BCUT2D eigenvalue weighted by atomic mass is 10.1. The first-order chi connectivity index (χ1) is 10.9. The summed E-state index contributed by atoms with van der Waals surface area (Å²) in [6.45, 7) is -0.114. The predicted octanol–water partition coefficient (Wildman–Crippen LogP) is 2.63. The minimum absolute atomic E-state index is 0.114. The highest BCUT2D eigenvalue weighted by Gasteiger charge is 2.21. The summed E-state index contributed by atoms with van der Waals surface area (Å²) in [6.07, 6.45) is -0.161. The molecule has 0 saturated carbocycles. The van der Waals surface area contributed by atoms with Crippen LogP contribution in [-0.4, -0.2) is 18.4 Å². The van der Waals surface area contributed by atoms with Crippen molar-refractivity contribution in [1.82, 2.24) is 0 Å². The van der Waals surface area contributed by atoms with E-state index in [2.05, 4.69) is 0 Å². The van der Waals surface area contributed by atoms with Crippen molar-refractivity contribution in [2.75, 3.05) is 11.4 Å². The number of primary amides is 1. The standard InChI is InChI=1S/C16H13F3N2O2/c17-10-1-4-12(5-2-10)21(8-7-15(20)22)16(23)13-6-3-11(18)9-14(13)19/h1-6,9H,7-8H2,(H2,20,22). The van der Waals surface area contributed by atoms with Gasteiger partial charge in [-0.1, -0.05) is 0 Å². The van der Waals surface area contributed by atoms with E-state index in [-0.39, 0.29) is 24.2 Å². The Bertz CT molecular complexity index is 733. The Kier molecular flexibility index (Phi) is 5.00. The highest BCUT2D eigenvalue weighted by atomic mass is 19.1. The average Bonchev–Trinajstić information content (AvgIpc) is 2.48. The lowest BCUT2D eigenvalue weighted by molar-refractivity contribution is -0.117. The molecular weight excluding hydrogens is 309 g/mol. The first kappa shape index (κ1) is 16.5. The number of rotatable bonds is 5. The molecule has 2 rings (SSSR count). The van der Waals surface area contributed by atoms with Crippen LogP contribution in [-0.2, 0) is 4.79 Å². The van der Waals surface area contributed by atoms with Crippen LogP contribution < -0.4 is 10.6 Å². The van der Waals surface area contributed by atoms with Gasteiger partial charge in [0.15, 0.2) is 0 Å². The first-order valence-corrected chi connectivity index (χ1v) is 6.69. The van der Waals surface area contributed by atoms with Gasteiger partial charge in [0.2, 0.25) is 5.91 Å². The summed E-state index contributed by atoms with van der Waals surface area (Å²) in [6, 6.07) is 7.43. The number of carbonyl (C=O) groups excluding carboxylic acids is 2. The van der Waals surface area contributed by atoms with Crippen molar-refractivity contribution in [3.63, 3.8) is 0 Å². The SMILES string of the molecule is NC(=O)CCN(C(=O)c1ccc(F)cc1F)c1ccc(F)cc1. The number of benzene rings is 2. The number of amides is 2. The van der Waals surface area contributed by atoms with E-state index in [4.69, 9.17) is 5.73 Å². The third-order valence-electron chi connectivity index (χ3n) is 3.13. The van der Waals surface area contributed by atoms with Crippen LogP contribution in [0.5, 0.6) is 0 Å². The van der Waals surface area contributed by atoms with Gasteiger partial charge in [-0.3, -0.25) is 9.59 Å². The van der Waals surface area contributed by atoms with Gasteiger partial charge >= 0.3 is 0 Å². The molecule has 0 atom stereocenters. The summed E-state index contributed by atoms with van der Waals surface area (Å²) in [5, 5.41) is 0. The zero-order valence-corrected chi connectivity index (χ0v) is 11.9. The van der Waals surface area contributed by atoms with Gasteiger partial charge in [-0.15, -0.1) is 0 Å². The van der Waals surface area contributed by atoms with Crippen LogP contribution in [0.2, 0.25) is 0 Å². The second-order valence-corrected chi connectivity index (χ2v) is 4.77. The monoisotopic (exact) mass is 322 g/mol. The van der Waals surface area contributed by atoms with Crippen molar-refractivity contribution in [2.45, 2.75) is 6.42 Å². The first-order valence-electron chi connectivity index (χ1n) is 6.69. The van der Waals surface area contributed by atoms with Crippen molar-refractivity contribution >= 4 is 17.5 Å². The molecule has 0 aliphatic rings. The Morgan fingerprint density at radius 3 is 2.13 bits per heavy atom. The summed E-state index contributed by atoms with van der Waals surface area (Å²) in [4.78, 5) is 24.5. The van der Waals surface area contributed by atoms with E-state index in [1.54, 1.807) is 0 Å². The Balaban J connectivity index is 2.37. The molecule has 23 heavy (non-hydrogen) atoms. The molecule has 0 spiro atoms. The zero-order valence-electron chi connectivity index (χ0n) is 11.9. The fourth-order valence-electron chi connectivity index (χ4n) is 2.00. The van der Waals surface area contributed by atoms with E-state index in [1.165, 1.54) is 12.1 Å².